The largest absolute Gasteiger partial charge is 0.331 e. The predicted molar refractivity (Wildman–Crippen MR) is 77.0 cm³/mol. The van der Waals surface area contributed by atoms with Gasteiger partial charge in [-0.2, -0.15) is 0 Å². The number of amides is 2. The van der Waals surface area contributed by atoms with E-state index in [9.17, 15) is 13.6 Å². The Kier molecular flexibility index (Phi) is 4.77. The molecule has 1 aromatic carbocycles. The molecule has 0 radical (unpaired) electrons. The van der Waals surface area contributed by atoms with Crippen molar-refractivity contribution in [2.24, 2.45) is 0 Å². The van der Waals surface area contributed by atoms with Gasteiger partial charge in [-0.25, -0.2) is 13.6 Å². The SMILES string of the molecule is CC(c1c(F)cccc1F)N1CCN(C(=O)N(C)C)CC1. The molecule has 1 aliphatic heterocycles. The average molecular weight is 297 g/mol. The first-order valence-electron chi connectivity index (χ1n) is 7.06. The molecular weight excluding hydrogens is 276 g/mol. The Bertz CT molecular complexity index is 493. The quantitative estimate of drug-likeness (QED) is 0.837. The maximum Gasteiger partial charge on any atom is 0.319 e. The van der Waals surface area contributed by atoms with Gasteiger partial charge in [0.1, 0.15) is 11.6 Å². The Morgan fingerprint density at radius 2 is 1.67 bits per heavy atom. The number of piperazine rings is 1. The number of benzene rings is 1. The summed E-state index contributed by atoms with van der Waals surface area (Å²) in [5, 5.41) is 0. The second kappa shape index (κ2) is 6.39. The van der Waals surface area contributed by atoms with Crippen molar-refractivity contribution in [1.29, 1.82) is 0 Å². The molecule has 6 heteroatoms. The standard InChI is InChI=1S/C15H21F2N3O/c1-11(14-12(16)5-4-6-13(14)17)19-7-9-20(10-8-19)15(21)18(2)3/h4-6,11H,7-10H2,1-3H3. The van der Waals surface area contributed by atoms with Gasteiger partial charge in [0, 0.05) is 51.9 Å². The van der Waals surface area contributed by atoms with Crippen molar-refractivity contribution < 1.29 is 13.6 Å². The summed E-state index contributed by atoms with van der Waals surface area (Å²) in [6.45, 7) is 4.14. The Balaban J connectivity index is 2.04. The fourth-order valence-electron chi connectivity index (χ4n) is 2.68. The summed E-state index contributed by atoms with van der Waals surface area (Å²) in [7, 11) is 3.43. The highest BCUT2D eigenvalue weighted by Crippen LogP contribution is 2.26. The van der Waals surface area contributed by atoms with Crippen LogP contribution in [0.25, 0.3) is 0 Å². The van der Waals surface area contributed by atoms with Crippen LogP contribution in [0.4, 0.5) is 13.6 Å². The number of nitrogens with zero attached hydrogens (tertiary/aromatic N) is 3. The zero-order chi connectivity index (χ0) is 15.6. The van der Waals surface area contributed by atoms with Gasteiger partial charge in [0.15, 0.2) is 0 Å². The van der Waals surface area contributed by atoms with Crippen LogP contribution in [0.5, 0.6) is 0 Å². The molecule has 1 heterocycles. The van der Waals surface area contributed by atoms with Crippen LogP contribution >= 0.6 is 0 Å². The Morgan fingerprint density at radius 1 is 1.14 bits per heavy atom. The number of rotatable bonds is 2. The van der Waals surface area contributed by atoms with Crippen molar-refractivity contribution in [3.63, 3.8) is 0 Å². The number of carbonyl (C=O) groups excluding carboxylic acids is 1. The van der Waals surface area contributed by atoms with Gasteiger partial charge in [-0.3, -0.25) is 4.90 Å². The third-order valence-electron chi connectivity index (χ3n) is 3.93. The van der Waals surface area contributed by atoms with Crippen molar-refractivity contribution in [3.8, 4) is 0 Å². The third kappa shape index (κ3) is 3.32. The number of halogens is 2. The molecule has 1 fully saturated rings. The molecule has 1 atom stereocenters. The third-order valence-corrected chi connectivity index (χ3v) is 3.93. The van der Waals surface area contributed by atoms with Crippen molar-refractivity contribution in [2.45, 2.75) is 13.0 Å². The van der Waals surface area contributed by atoms with Crippen molar-refractivity contribution in [2.75, 3.05) is 40.3 Å². The number of hydrogen-bond acceptors (Lipinski definition) is 2. The lowest BCUT2D eigenvalue weighted by molar-refractivity contribution is 0.100. The Morgan fingerprint density at radius 3 is 2.14 bits per heavy atom. The van der Waals surface area contributed by atoms with Crippen LogP contribution in [0, 0.1) is 11.6 Å². The summed E-state index contributed by atoms with van der Waals surface area (Å²) >= 11 is 0. The lowest BCUT2D eigenvalue weighted by atomic mass is 10.0. The fraction of sp³-hybridized carbons (Fsp3) is 0.533. The summed E-state index contributed by atoms with van der Waals surface area (Å²) in [6, 6.07) is 3.55. The molecule has 1 aliphatic rings. The molecule has 4 nitrogen and oxygen atoms in total. The summed E-state index contributed by atoms with van der Waals surface area (Å²) in [4.78, 5) is 17.2. The first-order valence-corrected chi connectivity index (χ1v) is 7.06. The van der Waals surface area contributed by atoms with Gasteiger partial charge >= 0.3 is 6.03 Å². The summed E-state index contributed by atoms with van der Waals surface area (Å²) in [6.07, 6.45) is 0. The highest BCUT2D eigenvalue weighted by atomic mass is 19.1. The fourth-order valence-corrected chi connectivity index (χ4v) is 2.68. The zero-order valence-corrected chi connectivity index (χ0v) is 12.6. The normalized spacial score (nSPS) is 17.7. The topological polar surface area (TPSA) is 26.8 Å². The summed E-state index contributed by atoms with van der Waals surface area (Å²) in [5.41, 5.74) is 0.102. The molecule has 0 aliphatic carbocycles. The predicted octanol–water partition coefficient (Wildman–Crippen LogP) is 2.33. The van der Waals surface area contributed by atoms with Crippen molar-refractivity contribution >= 4 is 6.03 Å². The monoisotopic (exact) mass is 297 g/mol. The minimum absolute atomic E-state index is 0.0284. The van der Waals surface area contributed by atoms with E-state index in [1.807, 2.05) is 4.90 Å². The minimum Gasteiger partial charge on any atom is -0.331 e. The van der Waals surface area contributed by atoms with Gasteiger partial charge in [-0.1, -0.05) is 6.07 Å². The molecule has 1 unspecified atom stereocenters. The Labute approximate surface area is 123 Å². The van der Waals surface area contributed by atoms with E-state index in [1.54, 1.807) is 25.9 Å². The van der Waals surface area contributed by atoms with Gasteiger partial charge in [-0.05, 0) is 19.1 Å². The molecule has 0 spiro atoms. The van der Waals surface area contributed by atoms with E-state index in [4.69, 9.17) is 0 Å². The lowest BCUT2D eigenvalue weighted by Gasteiger charge is -2.39. The van der Waals surface area contributed by atoms with Crippen LogP contribution in [0.1, 0.15) is 18.5 Å². The molecular formula is C15H21F2N3O. The molecule has 21 heavy (non-hydrogen) atoms. The van der Waals surface area contributed by atoms with Gasteiger partial charge in [-0.15, -0.1) is 0 Å². The lowest BCUT2D eigenvalue weighted by Crippen LogP contribution is -2.52. The molecule has 0 aromatic heterocycles. The molecule has 2 rings (SSSR count). The van der Waals surface area contributed by atoms with Gasteiger partial charge in [0.25, 0.3) is 0 Å². The maximum absolute atomic E-state index is 13.8. The highest BCUT2D eigenvalue weighted by molar-refractivity contribution is 5.73. The number of carbonyl (C=O) groups is 1. The first kappa shape index (κ1) is 15.7. The van der Waals surface area contributed by atoms with E-state index in [0.29, 0.717) is 26.2 Å². The zero-order valence-electron chi connectivity index (χ0n) is 12.6. The van der Waals surface area contributed by atoms with Crippen molar-refractivity contribution in [3.05, 3.63) is 35.4 Å². The summed E-state index contributed by atoms with van der Waals surface area (Å²) in [5.74, 6) is -1.04. The van der Waals surface area contributed by atoms with E-state index in [1.165, 1.54) is 23.1 Å². The van der Waals surface area contributed by atoms with Crippen LogP contribution < -0.4 is 0 Å². The van der Waals surface area contributed by atoms with Crippen LogP contribution in [-0.2, 0) is 0 Å². The average Bonchev–Trinajstić information content (AvgIpc) is 2.46. The maximum atomic E-state index is 13.8. The second-order valence-electron chi connectivity index (χ2n) is 5.51. The smallest absolute Gasteiger partial charge is 0.319 e. The molecule has 116 valence electrons. The van der Waals surface area contributed by atoms with Crippen molar-refractivity contribution in [1.82, 2.24) is 14.7 Å². The molecule has 0 bridgehead atoms. The van der Waals surface area contributed by atoms with Gasteiger partial charge in [0.2, 0.25) is 0 Å². The second-order valence-corrected chi connectivity index (χ2v) is 5.51. The van der Waals surface area contributed by atoms with Crippen LogP contribution in [0.15, 0.2) is 18.2 Å². The van der Waals surface area contributed by atoms with E-state index in [0.717, 1.165) is 0 Å². The van der Waals surface area contributed by atoms with E-state index in [-0.39, 0.29) is 17.6 Å². The Hall–Kier alpha value is -1.69. The van der Waals surface area contributed by atoms with Gasteiger partial charge < -0.3 is 9.80 Å². The summed E-state index contributed by atoms with van der Waals surface area (Å²) < 4.78 is 27.7. The molecule has 0 saturated carbocycles. The minimum atomic E-state index is -0.519. The number of hydrogen-bond donors (Lipinski definition) is 0. The van der Waals surface area contributed by atoms with Crippen LogP contribution in [-0.4, -0.2) is 61.0 Å². The van der Waals surface area contributed by atoms with E-state index < -0.39 is 11.6 Å². The highest BCUT2D eigenvalue weighted by Gasteiger charge is 2.28. The van der Waals surface area contributed by atoms with Crippen LogP contribution in [0.3, 0.4) is 0 Å². The number of urea groups is 1. The molecule has 1 saturated heterocycles. The first-order chi connectivity index (χ1) is 9.91. The van der Waals surface area contributed by atoms with E-state index >= 15 is 0 Å². The van der Waals surface area contributed by atoms with Crippen LogP contribution in [0.2, 0.25) is 0 Å². The molecule has 1 aromatic rings. The van der Waals surface area contributed by atoms with E-state index in [2.05, 4.69) is 0 Å². The molecule has 2 amide bonds. The van der Waals surface area contributed by atoms with Gasteiger partial charge in [0.05, 0.1) is 0 Å². The molecule has 0 N–H and O–H groups in total.